The number of hydrogen-bond donors (Lipinski definition) is 2. The molecule has 0 aliphatic heterocycles. The molecule has 0 unspecified atom stereocenters. The second kappa shape index (κ2) is 4.11. The van der Waals surface area contributed by atoms with E-state index in [2.05, 4.69) is 5.32 Å². The third-order valence-corrected chi connectivity index (χ3v) is 3.44. The first kappa shape index (κ1) is 9.68. The van der Waals surface area contributed by atoms with E-state index in [0.717, 1.165) is 12.8 Å². The maximum atomic E-state index is 11.5. The highest BCUT2D eigenvalue weighted by molar-refractivity contribution is 7.09. The van der Waals surface area contributed by atoms with E-state index in [-0.39, 0.29) is 17.9 Å². The van der Waals surface area contributed by atoms with Crippen LogP contribution in [0.15, 0.2) is 17.5 Å². The summed E-state index contributed by atoms with van der Waals surface area (Å²) in [6, 6.07) is 4.26. The highest BCUT2D eigenvalue weighted by Gasteiger charge is 2.31. The number of thiophene rings is 1. The largest absolute Gasteiger partial charge is 0.351 e. The van der Waals surface area contributed by atoms with Gasteiger partial charge < -0.3 is 11.1 Å². The van der Waals surface area contributed by atoms with Crippen molar-refractivity contribution in [2.24, 2.45) is 11.7 Å². The molecule has 0 spiro atoms. The van der Waals surface area contributed by atoms with Gasteiger partial charge in [0.2, 0.25) is 5.91 Å². The molecule has 1 aromatic rings. The van der Waals surface area contributed by atoms with Gasteiger partial charge in [-0.1, -0.05) is 6.07 Å². The Morgan fingerprint density at radius 2 is 2.43 bits per heavy atom. The number of nitrogens with two attached hydrogens (primary N) is 1. The fourth-order valence-corrected chi connectivity index (χ4v) is 2.25. The zero-order valence-electron chi connectivity index (χ0n) is 7.90. The minimum absolute atomic E-state index is 0.153. The van der Waals surface area contributed by atoms with Crippen LogP contribution in [0.4, 0.5) is 0 Å². The fraction of sp³-hybridized carbons (Fsp3) is 0.500. The summed E-state index contributed by atoms with van der Waals surface area (Å²) in [5, 5.41) is 4.94. The van der Waals surface area contributed by atoms with E-state index < -0.39 is 0 Å². The van der Waals surface area contributed by atoms with E-state index in [1.807, 2.05) is 17.5 Å². The van der Waals surface area contributed by atoms with Crippen molar-refractivity contribution < 1.29 is 4.79 Å². The third-order valence-electron chi connectivity index (χ3n) is 2.56. The Morgan fingerprint density at radius 3 is 3.00 bits per heavy atom. The molecule has 4 heteroatoms. The predicted octanol–water partition coefficient (Wildman–Crippen LogP) is 1.10. The fourth-order valence-electron chi connectivity index (χ4n) is 1.61. The summed E-state index contributed by atoms with van der Waals surface area (Å²) in [5.74, 6) is 0.310. The summed E-state index contributed by atoms with van der Waals surface area (Å²) in [7, 11) is 0. The van der Waals surface area contributed by atoms with E-state index in [1.54, 1.807) is 11.3 Å². The lowest BCUT2D eigenvalue weighted by atomic mass is 9.80. The number of rotatable bonds is 3. The van der Waals surface area contributed by atoms with Gasteiger partial charge in [-0.05, 0) is 24.3 Å². The number of carbonyl (C=O) groups excluding carboxylic acids is 1. The molecule has 0 bridgehead atoms. The summed E-state index contributed by atoms with van der Waals surface area (Å²) in [5.41, 5.74) is 5.62. The molecular weight excluding hydrogens is 196 g/mol. The van der Waals surface area contributed by atoms with Gasteiger partial charge in [0, 0.05) is 16.8 Å². The van der Waals surface area contributed by atoms with E-state index in [4.69, 9.17) is 5.73 Å². The van der Waals surface area contributed by atoms with Crippen molar-refractivity contribution in [1.29, 1.82) is 0 Å². The summed E-state index contributed by atoms with van der Waals surface area (Å²) >= 11 is 1.66. The van der Waals surface area contributed by atoms with Crippen LogP contribution in [0.5, 0.6) is 0 Å². The van der Waals surface area contributed by atoms with Crippen LogP contribution in [0.3, 0.4) is 0 Å². The molecule has 0 atom stereocenters. The average molecular weight is 210 g/mol. The van der Waals surface area contributed by atoms with Crippen molar-refractivity contribution in [3.05, 3.63) is 22.4 Å². The van der Waals surface area contributed by atoms with Crippen molar-refractivity contribution >= 4 is 17.2 Å². The Labute approximate surface area is 87.3 Å². The zero-order valence-corrected chi connectivity index (χ0v) is 8.72. The normalized spacial score (nSPS) is 25.5. The first-order valence-electron chi connectivity index (χ1n) is 4.81. The molecule has 1 aliphatic carbocycles. The van der Waals surface area contributed by atoms with Crippen LogP contribution < -0.4 is 11.1 Å². The Bertz CT molecular complexity index is 304. The molecule has 1 saturated carbocycles. The molecule has 0 radical (unpaired) electrons. The molecule has 2 rings (SSSR count). The van der Waals surface area contributed by atoms with Crippen molar-refractivity contribution in [2.75, 3.05) is 0 Å². The predicted molar refractivity (Wildman–Crippen MR) is 56.9 cm³/mol. The molecule has 1 aromatic heterocycles. The van der Waals surface area contributed by atoms with Crippen LogP contribution in [0, 0.1) is 5.92 Å². The molecule has 0 saturated heterocycles. The second-order valence-electron chi connectivity index (χ2n) is 3.73. The van der Waals surface area contributed by atoms with Gasteiger partial charge in [0.1, 0.15) is 0 Å². The number of amides is 1. The van der Waals surface area contributed by atoms with E-state index in [0.29, 0.717) is 6.54 Å². The van der Waals surface area contributed by atoms with Crippen LogP contribution in [0.1, 0.15) is 17.7 Å². The molecule has 1 heterocycles. The maximum absolute atomic E-state index is 11.5. The lowest BCUT2D eigenvalue weighted by Crippen LogP contribution is -2.44. The summed E-state index contributed by atoms with van der Waals surface area (Å²) < 4.78 is 0. The SMILES string of the molecule is NC1CC(C(=O)NCc2cccs2)C1. The molecule has 3 nitrogen and oxygen atoms in total. The summed E-state index contributed by atoms with van der Waals surface area (Å²) in [4.78, 5) is 12.7. The molecule has 0 aromatic carbocycles. The first-order chi connectivity index (χ1) is 6.75. The third kappa shape index (κ3) is 2.13. The smallest absolute Gasteiger partial charge is 0.223 e. The van der Waals surface area contributed by atoms with Crippen molar-refractivity contribution in [2.45, 2.75) is 25.4 Å². The Morgan fingerprint density at radius 1 is 1.64 bits per heavy atom. The molecule has 1 fully saturated rings. The number of nitrogens with one attached hydrogen (secondary N) is 1. The highest BCUT2D eigenvalue weighted by atomic mass is 32.1. The topological polar surface area (TPSA) is 55.1 Å². The number of hydrogen-bond acceptors (Lipinski definition) is 3. The average Bonchev–Trinajstić information content (AvgIpc) is 2.61. The molecule has 1 aliphatic rings. The monoisotopic (exact) mass is 210 g/mol. The van der Waals surface area contributed by atoms with Crippen molar-refractivity contribution in [3.8, 4) is 0 Å². The van der Waals surface area contributed by atoms with Crippen LogP contribution in [-0.2, 0) is 11.3 Å². The quantitative estimate of drug-likeness (QED) is 0.785. The van der Waals surface area contributed by atoms with Crippen LogP contribution in [0.2, 0.25) is 0 Å². The zero-order chi connectivity index (χ0) is 9.97. The molecular formula is C10H14N2OS. The molecule has 3 N–H and O–H groups in total. The minimum Gasteiger partial charge on any atom is -0.351 e. The summed E-state index contributed by atoms with van der Waals surface area (Å²) in [6.07, 6.45) is 1.69. The van der Waals surface area contributed by atoms with Crippen molar-refractivity contribution in [3.63, 3.8) is 0 Å². The second-order valence-corrected chi connectivity index (χ2v) is 4.76. The van der Waals surface area contributed by atoms with Crippen LogP contribution in [0.25, 0.3) is 0 Å². The van der Waals surface area contributed by atoms with Gasteiger partial charge in [0.25, 0.3) is 0 Å². The Hall–Kier alpha value is -0.870. The van der Waals surface area contributed by atoms with Gasteiger partial charge in [0.05, 0.1) is 6.54 Å². The Balaban J connectivity index is 1.73. The standard InChI is InChI=1S/C10H14N2OS/c11-8-4-7(5-8)10(13)12-6-9-2-1-3-14-9/h1-3,7-8H,4-6,11H2,(H,12,13). The van der Waals surface area contributed by atoms with Crippen molar-refractivity contribution in [1.82, 2.24) is 5.32 Å². The van der Waals surface area contributed by atoms with Gasteiger partial charge in [-0.15, -0.1) is 11.3 Å². The van der Waals surface area contributed by atoms with E-state index in [9.17, 15) is 4.79 Å². The minimum atomic E-state index is 0.153. The van der Waals surface area contributed by atoms with E-state index >= 15 is 0 Å². The lowest BCUT2D eigenvalue weighted by molar-refractivity contribution is -0.128. The molecule has 14 heavy (non-hydrogen) atoms. The molecule has 76 valence electrons. The van der Waals surface area contributed by atoms with E-state index in [1.165, 1.54) is 4.88 Å². The van der Waals surface area contributed by atoms with Gasteiger partial charge in [-0.3, -0.25) is 4.79 Å². The van der Waals surface area contributed by atoms with Gasteiger partial charge in [-0.2, -0.15) is 0 Å². The first-order valence-corrected chi connectivity index (χ1v) is 5.69. The van der Waals surface area contributed by atoms with Gasteiger partial charge >= 0.3 is 0 Å². The van der Waals surface area contributed by atoms with Crippen LogP contribution in [-0.4, -0.2) is 11.9 Å². The van der Waals surface area contributed by atoms with Crippen LogP contribution >= 0.6 is 11.3 Å². The Kier molecular flexibility index (Phi) is 2.84. The molecule has 1 amide bonds. The number of carbonyl (C=O) groups is 1. The lowest BCUT2D eigenvalue weighted by Gasteiger charge is -2.30. The highest BCUT2D eigenvalue weighted by Crippen LogP contribution is 2.25. The van der Waals surface area contributed by atoms with Gasteiger partial charge in [-0.25, -0.2) is 0 Å². The maximum Gasteiger partial charge on any atom is 0.223 e. The summed E-state index contributed by atoms with van der Waals surface area (Å²) in [6.45, 7) is 0.655. The van der Waals surface area contributed by atoms with Gasteiger partial charge in [0.15, 0.2) is 0 Å².